The van der Waals surface area contributed by atoms with Crippen molar-refractivity contribution >= 4 is 23.8 Å². The maximum Gasteiger partial charge on any atom is 0.334 e. The predicted molar refractivity (Wildman–Crippen MR) is 105 cm³/mol. The number of carbonyl (C=O) groups is 4. The van der Waals surface area contributed by atoms with E-state index in [4.69, 9.17) is 9.84 Å². The second-order valence-corrected chi connectivity index (χ2v) is 9.06. The fourth-order valence-corrected chi connectivity index (χ4v) is 1.95. The summed E-state index contributed by atoms with van der Waals surface area (Å²) in [5.41, 5.74) is -1.25. The van der Waals surface area contributed by atoms with Crippen molar-refractivity contribution in [2.24, 2.45) is 10.8 Å². The molecule has 0 bridgehead atoms. The molecule has 0 aliphatic rings. The predicted octanol–water partition coefficient (Wildman–Crippen LogP) is 2.03. The Labute approximate surface area is 167 Å². The van der Waals surface area contributed by atoms with E-state index in [1.54, 1.807) is 55.4 Å². The van der Waals surface area contributed by atoms with Crippen molar-refractivity contribution < 1.29 is 29.0 Å². The first-order valence-corrected chi connectivity index (χ1v) is 9.26. The van der Waals surface area contributed by atoms with Gasteiger partial charge in [0.25, 0.3) is 0 Å². The summed E-state index contributed by atoms with van der Waals surface area (Å²) in [5.74, 6) is -2.47. The summed E-state index contributed by atoms with van der Waals surface area (Å²) in [6.45, 7) is 13.8. The number of amides is 2. The minimum atomic E-state index is -1.28. The van der Waals surface area contributed by atoms with Gasteiger partial charge in [-0.05, 0) is 20.3 Å². The number of nitrogens with one attached hydrogen (secondary N) is 2. The molecule has 160 valence electrons. The van der Waals surface area contributed by atoms with E-state index in [1.807, 2.05) is 0 Å². The van der Waals surface area contributed by atoms with Crippen LogP contribution in [0.4, 0.5) is 0 Å². The van der Waals surface area contributed by atoms with Gasteiger partial charge in [-0.25, -0.2) is 9.59 Å². The van der Waals surface area contributed by atoms with Gasteiger partial charge in [0.1, 0.15) is 6.61 Å². The summed E-state index contributed by atoms with van der Waals surface area (Å²) in [5, 5.41) is 14.5. The molecule has 0 aromatic carbocycles. The lowest BCUT2D eigenvalue weighted by molar-refractivity contribution is -0.142. The molecule has 0 aromatic heterocycles. The van der Waals surface area contributed by atoms with Crippen LogP contribution in [0.15, 0.2) is 11.6 Å². The molecule has 2 amide bonds. The number of carboxylic acids is 1. The quantitative estimate of drug-likeness (QED) is 0.425. The van der Waals surface area contributed by atoms with Crippen LogP contribution >= 0.6 is 0 Å². The lowest BCUT2D eigenvalue weighted by Gasteiger charge is -2.23. The summed E-state index contributed by atoms with van der Waals surface area (Å²) < 4.78 is 5.16. The molecule has 0 rings (SSSR count). The first kappa shape index (κ1) is 25.6. The summed E-state index contributed by atoms with van der Waals surface area (Å²) in [6.07, 6.45) is 0.788. The van der Waals surface area contributed by atoms with E-state index >= 15 is 0 Å². The number of esters is 1. The second kappa shape index (κ2) is 10.2. The number of carbonyl (C=O) groups excluding carboxylic acids is 3. The zero-order chi connectivity index (χ0) is 22.3. The average molecular weight is 399 g/mol. The van der Waals surface area contributed by atoms with Crippen LogP contribution < -0.4 is 10.6 Å². The van der Waals surface area contributed by atoms with Crippen LogP contribution in [-0.2, 0) is 23.9 Å². The van der Waals surface area contributed by atoms with E-state index < -0.39 is 34.9 Å². The van der Waals surface area contributed by atoms with Crippen molar-refractivity contribution in [1.29, 1.82) is 0 Å². The first-order valence-electron chi connectivity index (χ1n) is 9.26. The smallest absolute Gasteiger partial charge is 0.334 e. The van der Waals surface area contributed by atoms with Gasteiger partial charge < -0.3 is 20.5 Å². The van der Waals surface area contributed by atoms with Gasteiger partial charge in [-0.3, -0.25) is 9.59 Å². The minimum Gasteiger partial charge on any atom is -0.478 e. The molecule has 0 saturated carbocycles. The first-order chi connectivity index (χ1) is 12.5. The number of ether oxygens (including phenoxy) is 1. The van der Waals surface area contributed by atoms with Gasteiger partial charge in [0.05, 0.1) is 6.04 Å². The van der Waals surface area contributed by atoms with Crippen molar-refractivity contribution in [2.75, 3.05) is 6.61 Å². The standard InChI is InChI=1S/C20H34N2O6/c1-12(21-17(26)19(3,4)5)9-14(10-15(23)24)16(25)28-11-13(2)22-18(27)20(6,7)8/h10,12-13H,9,11H2,1-8H3,(H,21,26)(H,22,27)(H,23,24)/t12-,13-/m0/s1. The topological polar surface area (TPSA) is 122 Å². The van der Waals surface area contributed by atoms with E-state index in [0.29, 0.717) is 0 Å². The zero-order valence-electron chi connectivity index (χ0n) is 18.1. The summed E-state index contributed by atoms with van der Waals surface area (Å²) >= 11 is 0. The van der Waals surface area contributed by atoms with Crippen molar-refractivity contribution in [3.05, 3.63) is 11.6 Å². The molecule has 0 spiro atoms. The molecule has 0 aliphatic carbocycles. The summed E-state index contributed by atoms with van der Waals surface area (Å²) in [6, 6.07) is -0.886. The van der Waals surface area contributed by atoms with Crippen LogP contribution in [0.2, 0.25) is 0 Å². The van der Waals surface area contributed by atoms with Crippen LogP contribution in [0.25, 0.3) is 0 Å². The van der Waals surface area contributed by atoms with Gasteiger partial charge in [0, 0.05) is 28.5 Å². The van der Waals surface area contributed by atoms with Gasteiger partial charge in [-0.15, -0.1) is 0 Å². The number of aliphatic carboxylic acids is 1. The Balaban J connectivity index is 4.90. The van der Waals surface area contributed by atoms with Crippen LogP contribution in [0.5, 0.6) is 0 Å². The van der Waals surface area contributed by atoms with Gasteiger partial charge in [-0.1, -0.05) is 41.5 Å². The molecule has 8 heteroatoms. The Hall–Kier alpha value is -2.38. The van der Waals surface area contributed by atoms with Crippen LogP contribution in [0, 0.1) is 10.8 Å². The summed E-state index contributed by atoms with van der Waals surface area (Å²) in [4.78, 5) is 47.3. The Kier molecular flexibility index (Phi) is 9.37. The minimum absolute atomic E-state index is 0.00961. The average Bonchev–Trinajstić information content (AvgIpc) is 2.49. The molecule has 0 aliphatic heterocycles. The number of rotatable bonds is 8. The Morgan fingerprint density at radius 2 is 1.32 bits per heavy atom. The molecule has 0 heterocycles. The van der Waals surface area contributed by atoms with Gasteiger partial charge in [-0.2, -0.15) is 0 Å². The number of hydrogen-bond donors (Lipinski definition) is 3. The van der Waals surface area contributed by atoms with Crippen molar-refractivity contribution in [3.8, 4) is 0 Å². The Morgan fingerprint density at radius 1 is 0.893 bits per heavy atom. The van der Waals surface area contributed by atoms with E-state index in [9.17, 15) is 19.2 Å². The maximum atomic E-state index is 12.3. The fourth-order valence-electron chi connectivity index (χ4n) is 1.95. The number of hydrogen-bond acceptors (Lipinski definition) is 5. The molecule has 0 radical (unpaired) electrons. The fraction of sp³-hybridized carbons (Fsp3) is 0.700. The van der Waals surface area contributed by atoms with Crippen molar-refractivity contribution in [2.45, 2.75) is 73.9 Å². The highest BCUT2D eigenvalue weighted by atomic mass is 16.5. The maximum absolute atomic E-state index is 12.3. The normalized spacial score (nSPS) is 14.6. The number of carboxylic acid groups (broad SMARTS) is 1. The highest BCUT2D eigenvalue weighted by Gasteiger charge is 2.25. The third kappa shape index (κ3) is 10.1. The second-order valence-electron chi connectivity index (χ2n) is 9.06. The Bertz CT molecular complexity index is 626. The molecule has 2 atom stereocenters. The lowest BCUT2D eigenvalue weighted by atomic mass is 9.94. The van der Waals surface area contributed by atoms with E-state index in [2.05, 4.69) is 10.6 Å². The Morgan fingerprint density at radius 3 is 1.71 bits per heavy atom. The monoisotopic (exact) mass is 398 g/mol. The van der Waals surface area contributed by atoms with E-state index in [1.165, 1.54) is 0 Å². The largest absolute Gasteiger partial charge is 0.478 e. The van der Waals surface area contributed by atoms with E-state index in [0.717, 1.165) is 6.08 Å². The third-order valence-electron chi connectivity index (χ3n) is 3.67. The molecule has 3 N–H and O–H groups in total. The molecule has 28 heavy (non-hydrogen) atoms. The summed E-state index contributed by atoms with van der Waals surface area (Å²) in [7, 11) is 0. The molecular weight excluding hydrogens is 364 g/mol. The zero-order valence-corrected chi connectivity index (χ0v) is 18.1. The highest BCUT2D eigenvalue weighted by molar-refractivity contribution is 5.96. The SMILES string of the molecule is C[C@@H](COC(=O)C(=CC(=O)O)C[C@H](C)NC(=O)C(C)(C)C)NC(=O)C(C)(C)C. The van der Waals surface area contributed by atoms with Crippen molar-refractivity contribution in [1.82, 2.24) is 10.6 Å². The molecule has 0 fully saturated rings. The highest BCUT2D eigenvalue weighted by Crippen LogP contribution is 2.16. The molecule has 8 nitrogen and oxygen atoms in total. The van der Waals surface area contributed by atoms with Crippen LogP contribution in [0.3, 0.4) is 0 Å². The van der Waals surface area contributed by atoms with Gasteiger partial charge >= 0.3 is 11.9 Å². The molecule has 0 unspecified atom stereocenters. The van der Waals surface area contributed by atoms with Crippen LogP contribution in [-0.4, -0.2) is 47.6 Å². The van der Waals surface area contributed by atoms with Crippen LogP contribution in [0.1, 0.15) is 61.8 Å². The molecule has 0 saturated heterocycles. The molecule has 0 aromatic rings. The molecular formula is C20H34N2O6. The van der Waals surface area contributed by atoms with E-state index in [-0.39, 0.29) is 30.4 Å². The third-order valence-corrected chi connectivity index (χ3v) is 3.67. The van der Waals surface area contributed by atoms with Crippen molar-refractivity contribution in [3.63, 3.8) is 0 Å². The van der Waals surface area contributed by atoms with Gasteiger partial charge in [0.2, 0.25) is 11.8 Å². The lowest BCUT2D eigenvalue weighted by Crippen LogP contribution is -2.43. The van der Waals surface area contributed by atoms with Gasteiger partial charge in [0.15, 0.2) is 0 Å².